The summed E-state index contributed by atoms with van der Waals surface area (Å²) in [6.45, 7) is -0.462. The molecule has 0 heterocycles. The molecule has 9 nitrogen and oxygen atoms in total. The quantitative estimate of drug-likeness (QED) is 0.252. The molecule has 0 bridgehead atoms. The van der Waals surface area contributed by atoms with E-state index in [-0.39, 0.29) is 35.6 Å². The number of rotatable bonds is 10. The van der Waals surface area contributed by atoms with E-state index in [2.05, 4.69) is 0 Å². The van der Waals surface area contributed by atoms with Gasteiger partial charge in [-0.05, 0) is 31.2 Å². The number of ether oxygens (including phenoxy) is 2. The number of carboxylic acids is 1. The van der Waals surface area contributed by atoms with Gasteiger partial charge in [0.2, 0.25) is 0 Å². The van der Waals surface area contributed by atoms with E-state index in [0.717, 1.165) is 0 Å². The van der Waals surface area contributed by atoms with Crippen LogP contribution in [0.15, 0.2) is 0 Å². The SMILES string of the molecule is [B]Cc1c([B])c(C(=O)O)c(C(=O)OC2CCC(C(=O)OCCS(=O)(=O)O)CC2)c(C[B])c1C[B]. The highest BCUT2D eigenvalue weighted by Crippen LogP contribution is 2.30. The number of benzene rings is 1. The third-order valence-electron chi connectivity index (χ3n) is 5.77. The summed E-state index contributed by atoms with van der Waals surface area (Å²) in [4.78, 5) is 37.1. The van der Waals surface area contributed by atoms with E-state index in [9.17, 15) is 27.9 Å². The third-order valence-corrected chi connectivity index (χ3v) is 6.45. The van der Waals surface area contributed by atoms with Crippen LogP contribution in [-0.2, 0) is 43.3 Å². The lowest BCUT2D eigenvalue weighted by Crippen LogP contribution is -2.33. The van der Waals surface area contributed by atoms with Crippen molar-refractivity contribution >= 4 is 64.9 Å². The van der Waals surface area contributed by atoms with Gasteiger partial charge in [0.1, 0.15) is 26.3 Å². The Bertz CT molecular complexity index is 1050. The van der Waals surface area contributed by atoms with Gasteiger partial charge in [0.05, 0.1) is 40.6 Å². The first-order valence-electron chi connectivity index (χ1n) is 10.6. The van der Waals surface area contributed by atoms with E-state index in [1.165, 1.54) is 0 Å². The Morgan fingerprint density at radius 3 is 1.94 bits per heavy atom. The smallest absolute Gasteiger partial charge is 0.339 e. The number of hydrogen-bond donors (Lipinski definition) is 2. The normalized spacial score (nSPS) is 18.3. The molecular formula is C20H22B4O9S. The Hall–Kier alpha value is -2.20. The summed E-state index contributed by atoms with van der Waals surface area (Å²) >= 11 is 0. The first-order chi connectivity index (χ1) is 15.9. The minimum atomic E-state index is -4.24. The van der Waals surface area contributed by atoms with Gasteiger partial charge in [-0.25, -0.2) is 9.59 Å². The van der Waals surface area contributed by atoms with Gasteiger partial charge in [-0.3, -0.25) is 9.35 Å². The molecule has 1 saturated carbocycles. The molecule has 0 spiro atoms. The lowest BCUT2D eigenvalue weighted by molar-refractivity contribution is -0.149. The van der Waals surface area contributed by atoms with Crippen molar-refractivity contribution in [1.29, 1.82) is 0 Å². The largest absolute Gasteiger partial charge is 0.478 e. The number of esters is 2. The van der Waals surface area contributed by atoms with Crippen LogP contribution in [0.2, 0.25) is 0 Å². The summed E-state index contributed by atoms with van der Waals surface area (Å²) < 4.78 is 40.5. The zero-order valence-electron chi connectivity index (χ0n) is 18.5. The molecule has 0 unspecified atom stereocenters. The molecule has 0 aromatic heterocycles. The molecule has 0 amide bonds. The zero-order chi connectivity index (χ0) is 25.6. The van der Waals surface area contributed by atoms with Crippen molar-refractivity contribution in [3.05, 3.63) is 27.8 Å². The van der Waals surface area contributed by atoms with E-state index < -0.39 is 58.0 Å². The molecule has 0 aliphatic heterocycles. The van der Waals surface area contributed by atoms with Crippen molar-refractivity contribution in [1.82, 2.24) is 0 Å². The minimum absolute atomic E-state index is 0.0613. The fourth-order valence-electron chi connectivity index (χ4n) is 4.08. The number of hydrogen-bond acceptors (Lipinski definition) is 7. The Morgan fingerprint density at radius 2 is 1.47 bits per heavy atom. The van der Waals surface area contributed by atoms with Crippen LogP contribution in [0.3, 0.4) is 0 Å². The van der Waals surface area contributed by atoms with Crippen LogP contribution in [-0.4, -0.2) is 85.8 Å². The Labute approximate surface area is 203 Å². The van der Waals surface area contributed by atoms with Gasteiger partial charge in [-0.1, -0.05) is 35.6 Å². The van der Waals surface area contributed by atoms with Crippen LogP contribution in [0.25, 0.3) is 0 Å². The first kappa shape index (κ1) is 28.0. The highest BCUT2D eigenvalue weighted by Gasteiger charge is 2.32. The van der Waals surface area contributed by atoms with E-state index in [4.69, 9.17) is 45.4 Å². The highest BCUT2D eigenvalue weighted by molar-refractivity contribution is 7.85. The summed E-state index contributed by atoms with van der Waals surface area (Å²) in [5.41, 5.74) is 0.0309. The molecule has 1 aliphatic carbocycles. The second-order valence-corrected chi connectivity index (χ2v) is 9.42. The predicted molar refractivity (Wildman–Crippen MR) is 126 cm³/mol. The third kappa shape index (κ3) is 6.69. The molecule has 8 radical (unpaired) electrons. The molecule has 14 heteroatoms. The van der Waals surface area contributed by atoms with Crippen molar-refractivity contribution in [3.63, 3.8) is 0 Å². The van der Waals surface area contributed by atoms with Crippen molar-refractivity contribution in [2.24, 2.45) is 5.92 Å². The van der Waals surface area contributed by atoms with Crippen LogP contribution < -0.4 is 5.46 Å². The summed E-state index contributed by atoms with van der Waals surface area (Å²) in [5, 5.41) is 9.72. The van der Waals surface area contributed by atoms with Crippen LogP contribution >= 0.6 is 0 Å². The second-order valence-electron chi connectivity index (χ2n) is 7.85. The van der Waals surface area contributed by atoms with E-state index in [1.54, 1.807) is 0 Å². The molecule has 0 atom stereocenters. The van der Waals surface area contributed by atoms with Gasteiger partial charge >= 0.3 is 17.9 Å². The van der Waals surface area contributed by atoms with E-state index in [0.29, 0.717) is 36.8 Å². The lowest BCUT2D eigenvalue weighted by atomic mass is 9.70. The van der Waals surface area contributed by atoms with Crippen LogP contribution in [0.1, 0.15) is 63.1 Å². The monoisotopic (exact) mass is 482 g/mol. The average molecular weight is 482 g/mol. The van der Waals surface area contributed by atoms with Crippen molar-refractivity contribution in [3.8, 4) is 0 Å². The Balaban J connectivity index is 2.16. The fourth-order valence-corrected chi connectivity index (χ4v) is 4.37. The Morgan fingerprint density at radius 1 is 0.912 bits per heavy atom. The fraction of sp³-hybridized carbons (Fsp3) is 0.550. The molecule has 1 fully saturated rings. The molecule has 1 aromatic carbocycles. The van der Waals surface area contributed by atoms with Crippen molar-refractivity contribution in [2.45, 2.75) is 50.7 Å². The van der Waals surface area contributed by atoms with Crippen molar-refractivity contribution < 1.29 is 41.9 Å². The summed E-state index contributed by atoms with van der Waals surface area (Å²) in [6.07, 6.45) is 0.264. The summed E-state index contributed by atoms with van der Waals surface area (Å²) in [6, 6.07) is 0. The zero-order valence-corrected chi connectivity index (χ0v) is 19.3. The van der Waals surface area contributed by atoms with Gasteiger partial charge in [0.25, 0.3) is 10.1 Å². The molecule has 2 rings (SSSR count). The maximum atomic E-state index is 13.0. The lowest BCUT2D eigenvalue weighted by Gasteiger charge is -2.28. The van der Waals surface area contributed by atoms with E-state index >= 15 is 0 Å². The van der Waals surface area contributed by atoms with E-state index in [1.807, 2.05) is 0 Å². The standard InChI is InChI=1S/C20H22B4O9S/c21-7-12-13(8-22)15(16(18(25)26)17(24)14(12)9-23)20(28)33-11-3-1-10(2-4-11)19(27)32-5-6-34(29,30)31/h10-11H,1-9H2,(H,25,26)(H,29,30,31). The number of aromatic carboxylic acids is 1. The molecule has 0 saturated heterocycles. The van der Waals surface area contributed by atoms with Gasteiger partial charge in [0, 0.05) is 0 Å². The number of carbonyl (C=O) groups excluding carboxylic acids is 2. The van der Waals surface area contributed by atoms with Gasteiger partial charge in [-0.2, -0.15) is 8.42 Å². The van der Waals surface area contributed by atoms with Gasteiger partial charge in [-0.15, -0.1) is 0 Å². The maximum absolute atomic E-state index is 13.0. The highest BCUT2D eigenvalue weighted by atomic mass is 32.2. The predicted octanol–water partition coefficient (Wildman–Crippen LogP) is -0.669. The molecule has 34 heavy (non-hydrogen) atoms. The van der Waals surface area contributed by atoms with Crippen molar-refractivity contribution in [2.75, 3.05) is 12.4 Å². The molecular weight excluding hydrogens is 460 g/mol. The average Bonchev–Trinajstić information content (AvgIpc) is 2.77. The number of carbonyl (C=O) groups is 3. The molecule has 174 valence electrons. The van der Waals surface area contributed by atoms with Gasteiger partial charge < -0.3 is 14.6 Å². The van der Waals surface area contributed by atoms with Gasteiger partial charge in [0.15, 0.2) is 0 Å². The van der Waals surface area contributed by atoms with Crippen LogP contribution in [0.4, 0.5) is 0 Å². The number of carboxylic acid groups (broad SMARTS) is 1. The van der Waals surface area contributed by atoms with Crippen LogP contribution in [0, 0.1) is 5.92 Å². The molecule has 1 aliphatic rings. The molecule has 1 aromatic rings. The second kappa shape index (κ2) is 12.0. The minimum Gasteiger partial charge on any atom is -0.478 e. The summed E-state index contributed by atoms with van der Waals surface area (Å²) in [5.74, 6) is -4.17. The van der Waals surface area contributed by atoms with Crippen LogP contribution in [0.5, 0.6) is 0 Å². The first-order valence-corrected chi connectivity index (χ1v) is 12.2. The summed E-state index contributed by atoms with van der Waals surface area (Å²) in [7, 11) is 19.1. The Kier molecular flexibility index (Phi) is 9.87. The topological polar surface area (TPSA) is 144 Å². The molecule has 2 N–H and O–H groups in total. The maximum Gasteiger partial charge on any atom is 0.339 e.